The third-order valence-electron chi connectivity index (χ3n) is 5.57. The van der Waals surface area contributed by atoms with Crippen LogP contribution >= 0.6 is 0 Å². The number of piperazine rings is 1. The number of nitrogens with one attached hydrogen (secondary N) is 2. The third-order valence-corrected chi connectivity index (χ3v) is 5.57. The minimum atomic E-state index is -5.08. The Balaban J connectivity index is 1.70. The normalized spacial score (nSPS) is 19.4. The molecule has 1 aromatic carbocycles. The first-order valence-corrected chi connectivity index (χ1v) is 10.6. The fourth-order valence-corrected chi connectivity index (χ4v) is 3.57. The first kappa shape index (κ1) is 23.7. The lowest BCUT2D eigenvalue weighted by molar-refractivity contribution is -0.143. The van der Waals surface area contributed by atoms with Crippen molar-refractivity contribution >= 4 is 11.9 Å². The quantitative estimate of drug-likeness (QED) is 0.636. The Morgan fingerprint density at radius 2 is 1.94 bits per heavy atom. The molecule has 0 spiro atoms. The first-order chi connectivity index (χ1) is 16.0. The van der Waals surface area contributed by atoms with E-state index < -0.39 is 47.5 Å². The van der Waals surface area contributed by atoms with Crippen LogP contribution in [0, 0.1) is 11.6 Å². The topological polar surface area (TPSA) is 83.6 Å². The maximum Gasteiger partial charge on any atom is 0.436 e. The molecule has 2 heterocycles. The maximum atomic E-state index is 14.7. The van der Waals surface area contributed by atoms with Crippen molar-refractivity contribution < 1.29 is 36.3 Å². The molecule has 0 bridgehead atoms. The Kier molecular flexibility index (Phi) is 6.32. The van der Waals surface area contributed by atoms with Gasteiger partial charge in [0, 0.05) is 13.1 Å². The fraction of sp³-hybridized carbons (Fsp3) is 0.409. The van der Waals surface area contributed by atoms with Crippen LogP contribution in [0.1, 0.15) is 42.8 Å². The van der Waals surface area contributed by atoms with Gasteiger partial charge in [-0.15, -0.1) is 0 Å². The molecule has 1 saturated heterocycles. The van der Waals surface area contributed by atoms with E-state index in [-0.39, 0.29) is 36.2 Å². The van der Waals surface area contributed by atoms with Gasteiger partial charge < -0.3 is 20.3 Å². The maximum absolute atomic E-state index is 14.7. The van der Waals surface area contributed by atoms with Crippen LogP contribution in [-0.4, -0.2) is 47.1 Å². The molecule has 1 aliphatic heterocycles. The van der Waals surface area contributed by atoms with E-state index in [4.69, 9.17) is 4.74 Å². The van der Waals surface area contributed by atoms with Crippen LogP contribution in [0.2, 0.25) is 0 Å². The number of carbonyl (C=O) groups is 2. The summed E-state index contributed by atoms with van der Waals surface area (Å²) in [6.45, 7) is 1.83. The van der Waals surface area contributed by atoms with E-state index in [1.807, 2.05) is 0 Å². The summed E-state index contributed by atoms with van der Waals surface area (Å²) >= 11 is 0. The van der Waals surface area contributed by atoms with E-state index >= 15 is 0 Å². The molecule has 182 valence electrons. The van der Waals surface area contributed by atoms with Gasteiger partial charge in [0.2, 0.25) is 5.91 Å². The zero-order valence-electron chi connectivity index (χ0n) is 18.0. The highest BCUT2D eigenvalue weighted by Crippen LogP contribution is 2.34. The fourth-order valence-electron chi connectivity index (χ4n) is 3.57. The number of urea groups is 1. The van der Waals surface area contributed by atoms with Crippen LogP contribution in [0.15, 0.2) is 30.3 Å². The summed E-state index contributed by atoms with van der Waals surface area (Å²) in [5, 5.41) is 5.11. The van der Waals surface area contributed by atoms with Gasteiger partial charge in [-0.25, -0.2) is 18.6 Å². The Morgan fingerprint density at radius 1 is 1.21 bits per heavy atom. The van der Waals surface area contributed by atoms with E-state index in [0.717, 1.165) is 25.0 Å². The summed E-state index contributed by atoms with van der Waals surface area (Å²) in [7, 11) is 0. The summed E-state index contributed by atoms with van der Waals surface area (Å²) < 4.78 is 73.8. The molecular weight excluding hydrogens is 463 g/mol. The molecule has 2 fully saturated rings. The number of amides is 3. The Labute approximate surface area is 191 Å². The minimum absolute atomic E-state index is 0.0271. The van der Waals surface area contributed by atoms with E-state index in [9.17, 15) is 31.5 Å². The Hall–Kier alpha value is -3.44. The van der Waals surface area contributed by atoms with Gasteiger partial charge in [0.1, 0.15) is 6.04 Å². The number of halogens is 5. The van der Waals surface area contributed by atoms with Crippen LogP contribution in [0.4, 0.5) is 26.7 Å². The van der Waals surface area contributed by atoms with Gasteiger partial charge in [0.05, 0.1) is 17.8 Å². The number of hydrogen-bond acceptors (Lipinski definition) is 4. The second-order valence-corrected chi connectivity index (χ2v) is 8.11. The first-order valence-electron chi connectivity index (χ1n) is 10.6. The number of alkyl halides is 3. The van der Waals surface area contributed by atoms with Gasteiger partial charge in [0.15, 0.2) is 23.1 Å². The highest BCUT2D eigenvalue weighted by atomic mass is 19.4. The Bertz CT molecular complexity index is 1110. The smallest absolute Gasteiger partial charge is 0.436 e. The average Bonchev–Trinajstić information content (AvgIpc) is 3.59. The van der Waals surface area contributed by atoms with E-state index in [0.29, 0.717) is 6.07 Å². The minimum Gasteiger partial charge on any atom is -0.487 e. The highest BCUT2D eigenvalue weighted by Gasteiger charge is 2.38. The number of benzene rings is 1. The highest BCUT2D eigenvalue weighted by molar-refractivity contribution is 5.88. The number of pyridine rings is 1. The number of hydrogen-bond donors (Lipinski definition) is 2. The number of aromatic nitrogens is 1. The second-order valence-electron chi connectivity index (χ2n) is 8.11. The van der Waals surface area contributed by atoms with E-state index in [2.05, 4.69) is 15.6 Å². The number of carbonyl (C=O) groups excluding carboxylic acids is 2. The molecule has 4 rings (SSSR count). The lowest BCUT2D eigenvalue weighted by Gasteiger charge is -2.34. The van der Waals surface area contributed by atoms with Crippen molar-refractivity contribution in [2.75, 3.05) is 13.1 Å². The number of ether oxygens (including phenoxy) is 1. The predicted octanol–water partition coefficient (Wildman–Crippen LogP) is 3.54. The molecule has 2 aromatic rings. The zero-order chi connectivity index (χ0) is 24.6. The summed E-state index contributed by atoms with van der Waals surface area (Å²) in [4.78, 5) is 29.5. The van der Waals surface area contributed by atoms with Gasteiger partial charge in [0.25, 0.3) is 0 Å². The van der Waals surface area contributed by atoms with Crippen molar-refractivity contribution in [2.45, 2.75) is 44.1 Å². The molecule has 1 aromatic heterocycles. The molecule has 2 atom stereocenters. The van der Waals surface area contributed by atoms with E-state index in [1.54, 1.807) is 0 Å². The summed E-state index contributed by atoms with van der Waals surface area (Å²) in [6, 6.07) is 2.31. The Morgan fingerprint density at radius 3 is 2.59 bits per heavy atom. The average molecular weight is 484 g/mol. The van der Waals surface area contributed by atoms with Crippen molar-refractivity contribution in [2.24, 2.45) is 0 Å². The standard InChI is InChI=1S/C22H21F5N4O3/c1-11-20(32)28-8-9-31(11)21(33)30-18(16-6-5-14(23)19(29-16)22(25,26)27)12-2-7-17(15(24)10-12)34-13-3-4-13/h2,5-7,10-11,13,18H,3-4,8-9H2,1H3,(H,28,32)(H,30,33)/t11-,18-/m1/s1. The summed E-state index contributed by atoms with van der Waals surface area (Å²) in [6.07, 6.45) is -3.58. The molecule has 3 amide bonds. The van der Waals surface area contributed by atoms with Crippen molar-refractivity contribution in [3.05, 3.63) is 58.9 Å². The zero-order valence-corrected chi connectivity index (χ0v) is 18.0. The van der Waals surface area contributed by atoms with Crippen molar-refractivity contribution in [3.63, 3.8) is 0 Å². The molecule has 12 heteroatoms. The lowest BCUT2D eigenvalue weighted by atomic mass is 10.0. The number of nitrogens with zero attached hydrogens (tertiary/aromatic N) is 2. The lowest BCUT2D eigenvalue weighted by Crippen LogP contribution is -2.58. The molecule has 1 aliphatic carbocycles. The predicted molar refractivity (Wildman–Crippen MR) is 109 cm³/mol. The van der Waals surface area contributed by atoms with Crippen molar-refractivity contribution in [1.29, 1.82) is 0 Å². The largest absolute Gasteiger partial charge is 0.487 e. The molecule has 34 heavy (non-hydrogen) atoms. The van der Waals surface area contributed by atoms with Gasteiger partial charge in [-0.05, 0) is 49.6 Å². The number of rotatable bonds is 5. The molecule has 0 unspecified atom stereocenters. The van der Waals surface area contributed by atoms with Gasteiger partial charge in [-0.2, -0.15) is 13.2 Å². The third kappa shape index (κ3) is 5.05. The molecule has 2 aliphatic rings. The molecule has 0 radical (unpaired) electrons. The summed E-state index contributed by atoms with van der Waals surface area (Å²) in [5.41, 5.74) is -2.05. The van der Waals surface area contributed by atoms with E-state index in [1.165, 1.54) is 24.0 Å². The molecular formula is C22H21F5N4O3. The van der Waals surface area contributed by atoms with Crippen LogP contribution in [-0.2, 0) is 11.0 Å². The van der Waals surface area contributed by atoms with Crippen molar-refractivity contribution in [1.82, 2.24) is 20.5 Å². The molecule has 1 saturated carbocycles. The van der Waals surface area contributed by atoms with Crippen LogP contribution in [0.5, 0.6) is 5.75 Å². The van der Waals surface area contributed by atoms with Crippen LogP contribution < -0.4 is 15.4 Å². The van der Waals surface area contributed by atoms with Gasteiger partial charge in [-0.3, -0.25) is 4.79 Å². The summed E-state index contributed by atoms with van der Waals surface area (Å²) in [5.74, 6) is -2.78. The monoisotopic (exact) mass is 484 g/mol. The molecule has 2 N–H and O–H groups in total. The molecule has 7 nitrogen and oxygen atoms in total. The SMILES string of the molecule is C[C@@H]1C(=O)NCCN1C(=O)N[C@H](c1ccc(OC2CC2)c(F)c1)c1ccc(F)c(C(F)(F)F)n1. The second kappa shape index (κ2) is 9.07. The van der Waals surface area contributed by atoms with Gasteiger partial charge in [-0.1, -0.05) is 6.07 Å². The van der Waals surface area contributed by atoms with Crippen LogP contribution in [0.25, 0.3) is 0 Å². The van der Waals surface area contributed by atoms with Crippen LogP contribution in [0.3, 0.4) is 0 Å². The van der Waals surface area contributed by atoms with Crippen molar-refractivity contribution in [3.8, 4) is 5.75 Å². The van der Waals surface area contributed by atoms with Gasteiger partial charge >= 0.3 is 12.2 Å².